The Morgan fingerprint density at radius 2 is 1.97 bits per heavy atom. The van der Waals surface area contributed by atoms with Crippen LogP contribution < -0.4 is 4.90 Å². The summed E-state index contributed by atoms with van der Waals surface area (Å²) in [7, 11) is 4.08. The highest BCUT2D eigenvalue weighted by Gasteiger charge is 2.22. The van der Waals surface area contributed by atoms with Crippen molar-refractivity contribution in [3.63, 3.8) is 0 Å². The third kappa shape index (κ3) is 5.64. The van der Waals surface area contributed by atoms with E-state index in [0.29, 0.717) is 17.1 Å². The maximum absolute atomic E-state index is 13.4. The predicted octanol–water partition coefficient (Wildman–Crippen LogP) is 6.00. The first-order chi connectivity index (χ1) is 13.4. The molecule has 0 saturated heterocycles. The molecule has 0 fully saturated rings. The van der Waals surface area contributed by atoms with Gasteiger partial charge in [-0.1, -0.05) is 29.0 Å². The van der Waals surface area contributed by atoms with E-state index in [0.717, 1.165) is 38.8 Å². The van der Waals surface area contributed by atoms with Gasteiger partial charge in [0.15, 0.2) is 5.13 Å². The fourth-order valence-electron chi connectivity index (χ4n) is 2.95. The SMILES string of the molecule is CSc1cccc(C(=O)N(CCCN(C)C)c2nc3c(C)c(Cl)ccc3s2)c1.Cl. The smallest absolute Gasteiger partial charge is 0.260 e. The van der Waals surface area contributed by atoms with Crippen molar-refractivity contribution in [2.75, 3.05) is 38.3 Å². The van der Waals surface area contributed by atoms with Crippen LogP contribution in [0.2, 0.25) is 5.02 Å². The van der Waals surface area contributed by atoms with Crippen molar-refractivity contribution < 1.29 is 4.79 Å². The zero-order valence-corrected chi connectivity index (χ0v) is 20.1. The number of nitrogens with zero attached hydrogens (tertiary/aromatic N) is 3. The second-order valence-corrected chi connectivity index (χ2v) is 9.16. The second kappa shape index (κ2) is 10.6. The lowest BCUT2D eigenvalue weighted by atomic mass is 10.2. The molecule has 0 aliphatic carbocycles. The lowest BCUT2D eigenvalue weighted by molar-refractivity contribution is 0.0986. The number of benzene rings is 2. The topological polar surface area (TPSA) is 36.4 Å². The van der Waals surface area contributed by atoms with Crippen LogP contribution in [-0.4, -0.2) is 49.2 Å². The van der Waals surface area contributed by atoms with Gasteiger partial charge in [0.25, 0.3) is 5.91 Å². The van der Waals surface area contributed by atoms with Gasteiger partial charge in [-0.25, -0.2) is 4.98 Å². The minimum absolute atomic E-state index is 0. The molecule has 1 aromatic heterocycles. The minimum atomic E-state index is -0.0162. The first kappa shape index (κ1) is 24.0. The number of thiazole rings is 1. The van der Waals surface area contributed by atoms with Crippen molar-refractivity contribution in [1.82, 2.24) is 9.88 Å². The van der Waals surface area contributed by atoms with Crippen LogP contribution in [-0.2, 0) is 0 Å². The zero-order chi connectivity index (χ0) is 20.3. The third-order valence-electron chi connectivity index (χ3n) is 4.52. The molecule has 0 saturated carbocycles. The molecule has 0 atom stereocenters. The van der Waals surface area contributed by atoms with E-state index in [9.17, 15) is 4.79 Å². The van der Waals surface area contributed by atoms with E-state index in [4.69, 9.17) is 16.6 Å². The average molecular weight is 470 g/mol. The Kier molecular flexibility index (Phi) is 8.79. The summed E-state index contributed by atoms with van der Waals surface area (Å²) in [6.07, 6.45) is 2.88. The lowest BCUT2D eigenvalue weighted by Crippen LogP contribution is -2.33. The summed E-state index contributed by atoms with van der Waals surface area (Å²) in [5.74, 6) is -0.0162. The number of aromatic nitrogens is 1. The van der Waals surface area contributed by atoms with Crippen molar-refractivity contribution in [2.24, 2.45) is 0 Å². The summed E-state index contributed by atoms with van der Waals surface area (Å²) in [5, 5.41) is 1.42. The van der Waals surface area contributed by atoms with Gasteiger partial charge in [-0.15, -0.1) is 24.2 Å². The summed E-state index contributed by atoms with van der Waals surface area (Å²) in [5.41, 5.74) is 2.51. The summed E-state index contributed by atoms with van der Waals surface area (Å²) in [6, 6.07) is 11.6. The molecule has 0 aliphatic rings. The number of amides is 1. The lowest BCUT2D eigenvalue weighted by Gasteiger charge is -2.21. The van der Waals surface area contributed by atoms with Crippen LogP contribution in [0.5, 0.6) is 0 Å². The van der Waals surface area contributed by atoms with Gasteiger partial charge in [-0.05, 0) is 76.1 Å². The summed E-state index contributed by atoms with van der Waals surface area (Å²) in [4.78, 5) is 23.1. The highest BCUT2D eigenvalue weighted by atomic mass is 35.5. The fraction of sp³-hybridized carbons (Fsp3) is 0.333. The van der Waals surface area contributed by atoms with E-state index >= 15 is 0 Å². The molecule has 0 N–H and O–H groups in total. The van der Waals surface area contributed by atoms with E-state index in [2.05, 4.69) is 4.90 Å². The van der Waals surface area contributed by atoms with Crippen molar-refractivity contribution >= 4 is 68.4 Å². The van der Waals surface area contributed by atoms with Crippen LogP contribution in [0.4, 0.5) is 5.13 Å². The summed E-state index contributed by atoms with van der Waals surface area (Å²) >= 11 is 9.43. The first-order valence-electron chi connectivity index (χ1n) is 9.07. The van der Waals surface area contributed by atoms with Crippen LogP contribution in [0.1, 0.15) is 22.3 Å². The molecule has 1 heterocycles. The number of thioether (sulfide) groups is 1. The standard InChI is InChI=1S/C21H24ClN3OS2.ClH/c1-14-17(22)9-10-18-19(14)23-21(28-18)25(12-6-11-24(2)3)20(26)15-7-5-8-16(13-15)27-4;/h5,7-10,13H,6,11-12H2,1-4H3;1H. The molecule has 29 heavy (non-hydrogen) atoms. The number of anilines is 1. The third-order valence-corrected chi connectivity index (χ3v) is 6.69. The Morgan fingerprint density at radius 3 is 2.66 bits per heavy atom. The van der Waals surface area contributed by atoms with Crippen molar-refractivity contribution in [3.8, 4) is 0 Å². The van der Waals surface area contributed by atoms with Gasteiger partial charge in [0.2, 0.25) is 0 Å². The average Bonchev–Trinajstić information content (AvgIpc) is 3.12. The van der Waals surface area contributed by atoms with Gasteiger partial charge in [0, 0.05) is 22.0 Å². The first-order valence-corrected chi connectivity index (χ1v) is 11.5. The number of halogens is 2. The minimum Gasteiger partial charge on any atom is -0.309 e. The fourth-order valence-corrected chi connectivity index (χ4v) is 4.61. The Balaban J connectivity index is 0.00000300. The largest absolute Gasteiger partial charge is 0.309 e. The van der Waals surface area contributed by atoms with E-state index < -0.39 is 0 Å². The van der Waals surface area contributed by atoms with Crippen LogP contribution in [0.25, 0.3) is 10.2 Å². The number of rotatable bonds is 7. The summed E-state index contributed by atoms with van der Waals surface area (Å²) < 4.78 is 1.04. The van der Waals surface area contributed by atoms with Crippen molar-refractivity contribution in [1.29, 1.82) is 0 Å². The van der Waals surface area contributed by atoms with E-state index in [1.807, 2.05) is 63.7 Å². The van der Waals surface area contributed by atoms with Gasteiger partial charge in [0.1, 0.15) is 0 Å². The molecule has 0 radical (unpaired) electrons. The molecule has 0 unspecified atom stereocenters. The maximum atomic E-state index is 13.4. The highest BCUT2D eigenvalue weighted by Crippen LogP contribution is 2.34. The Bertz CT molecular complexity index is 991. The summed E-state index contributed by atoms with van der Waals surface area (Å²) in [6.45, 7) is 3.49. The van der Waals surface area contributed by atoms with Crippen molar-refractivity contribution in [3.05, 3.63) is 52.5 Å². The van der Waals surface area contributed by atoms with Gasteiger partial charge >= 0.3 is 0 Å². The van der Waals surface area contributed by atoms with E-state index in [-0.39, 0.29) is 18.3 Å². The zero-order valence-electron chi connectivity index (χ0n) is 16.9. The normalized spacial score (nSPS) is 11.0. The molecule has 8 heteroatoms. The molecule has 2 aromatic carbocycles. The molecule has 3 rings (SSSR count). The number of fused-ring (bicyclic) bond motifs is 1. The number of aryl methyl sites for hydroxylation is 1. The monoisotopic (exact) mass is 469 g/mol. The molecule has 156 valence electrons. The van der Waals surface area contributed by atoms with Crippen LogP contribution in [0.15, 0.2) is 41.3 Å². The highest BCUT2D eigenvalue weighted by molar-refractivity contribution is 7.98. The molecular weight excluding hydrogens is 445 g/mol. The number of carbonyl (C=O) groups excluding carboxylic acids is 1. The molecule has 4 nitrogen and oxygen atoms in total. The van der Waals surface area contributed by atoms with Crippen LogP contribution >= 0.6 is 47.1 Å². The quantitative estimate of drug-likeness (QED) is 0.397. The predicted molar refractivity (Wildman–Crippen MR) is 130 cm³/mol. The number of hydrogen-bond donors (Lipinski definition) is 0. The van der Waals surface area contributed by atoms with E-state index in [1.165, 1.54) is 11.3 Å². The molecular formula is C21H25Cl2N3OS2. The molecule has 0 bridgehead atoms. The molecule has 0 aliphatic heterocycles. The number of hydrogen-bond acceptors (Lipinski definition) is 5. The Labute approximate surface area is 191 Å². The van der Waals surface area contributed by atoms with Crippen molar-refractivity contribution in [2.45, 2.75) is 18.2 Å². The van der Waals surface area contributed by atoms with Crippen LogP contribution in [0.3, 0.4) is 0 Å². The van der Waals surface area contributed by atoms with Gasteiger partial charge < -0.3 is 4.90 Å². The van der Waals surface area contributed by atoms with Gasteiger partial charge in [-0.3, -0.25) is 9.69 Å². The van der Waals surface area contributed by atoms with Crippen LogP contribution in [0, 0.1) is 6.92 Å². The number of carbonyl (C=O) groups is 1. The Hall–Kier alpha value is -1.31. The molecule has 3 aromatic rings. The van der Waals surface area contributed by atoms with E-state index in [1.54, 1.807) is 16.7 Å². The van der Waals surface area contributed by atoms with Gasteiger partial charge in [0.05, 0.1) is 10.2 Å². The Morgan fingerprint density at radius 1 is 1.21 bits per heavy atom. The second-order valence-electron chi connectivity index (χ2n) is 6.86. The van der Waals surface area contributed by atoms with Gasteiger partial charge in [-0.2, -0.15) is 0 Å². The molecule has 0 spiro atoms. The maximum Gasteiger partial charge on any atom is 0.260 e. The molecule has 1 amide bonds.